The molecule has 0 aliphatic rings. The average Bonchev–Trinajstić information content (AvgIpc) is 2.87. The molecule has 0 radical (unpaired) electrons. The second-order valence-electron chi connectivity index (χ2n) is 4.40. The number of carbonyl (C=O) groups excluding carboxylic acids is 1. The number of nitrogens with one attached hydrogen (secondary N) is 2. The lowest BCUT2D eigenvalue weighted by Gasteiger charge is -2.08. The van der Waals surface area contributed by atoms with Gasteiger partial charge in [-0.3, -0.25) is 14.2 Å². The first-order valence-corrected chi connectivity index (χ1v) is 7.82. The molecule has 0 spiro atoms. The summed E-state index contributed by atoms with van der Waals surface area (Å²) in [7, 11) is -3.69. The van der Waals surface area contributed by atoms with Crippen LogP contribution in [0.25, 0.3) is 0 Å². The lowest BCUT2D eigenvalue weighted by atomic mass is 10.3. The van der Waals surface area contributed by atoms with E-state index in [1.54, 1.807) is 24.3 Å². The highest BCUT2D eigenvalue weighted by molar-refractivity contribution is 7.92. The molecule has 2 rings (SSSR count). The Balaban J connectivity index is 2.22. The molecule has 0 fully saturated rings. The molecule has 0 aliphatic carbocycles. The van der Waals surface area contributed by atoms with Gasteiger partial charge in [0.2, 0.25) is 5.91 Å². The zero-order valence-corrected chi connectivity index (χ0v) is 12.5. The van der Waals surface area contributed by atoms with Gasteiger partial charge < -0.3 is 5.32 Å². The van der Waals surface area contributed by atoms with E-state index in [1.807, 2.05) is 6.92 Å². The zero-order valence-electron chi connectivity index (χ0n) is 11.7. The molecule has 1 aromatic carbocycles. The normalized spacial score (nSPS) is 11.1. The molecule has 8 heteroatoms. The highest BCUT2D eigenvalue weighted by atomic mass is 32.2. The SMILES string of the molecule is CCn1cc(S(=O)(=O)Nc2cccc(NC(C)=O)c2)cn1. The molecular weight excluding hydrogens is 292 g/mol. The number of nitrogens with zero attached hydrogens (tertiary/aromatic N) is 2. The van der Waals surface area contributed by atoms with Gasteiger partial charge in [0.05, 0.1) is 11.9 Å². The maximum absolute atomic E-state index is 12.2. The molecule has 0 unspecified atom stereocenters. The maximum atomic E-state index is 12.2. The Morgan fingerprint density at radius 3 is 2.67 bits per heavy atom. The van der Waals surface area contributed by atoms with E-state index in [9.17, 15) is 13.2 Å². The van der Waals surface area contributed by atoms with Gasteiger partial charge >= 0.3 is 0 Å². The summed E-state index contributed by atoms with van der Waals surface area (Å²) in [5, 5.41) is 6.53. The summed E-state index contributed by atoms with van der Waals surface area (Å²) in [6.07, 6.45) is 2.75. The first kappa shape index (κ1) is 15.0. The molecule has 21 heavy (non-hydrogen) atoms. The summed E-state index contributed by atoms with van der Waals surface area (Å²) in [5.74, 6) is -0.223. The van der Waals surface area contributed by atoms with Crippen molar-refractivity contribution in [1.29, 1.82) is 0 Å². The summed E-state index contributed by atoms with van der Waals surface area (Å²) >= 11 is 0. The van der Waals surface area contributed by atoms with Gasteiger partial charge in [-0.15, -0.1) is 0 Å². The lowest BCUT2D eigenvalue weighted by molar-refractivity contribution is -0.114. The van der Waals surface area contributed by atoms with Crippen LogP contribution in [0.4, 0.5) is 11.4 Å². The van der Waals surface area contributed by atoms with Crippen LogP contribution in [-0.2, 0) is 21.4 Å². The van der Waals surface area contributed by atoms with Crippen LogP contribution in [0, 0.1) is 0 Å². The Kier molecular flexibility index (Phi) is 4.27. The summed E-state index contributed by atoms with van der Waals surface area (Å²) in [6.45, 7) is 3.84. The number of aromatic nitrogens is 2. The molecule has 2 N–H and O–H groups in total. The summed E-state index contributed by atoms with van der Waals surface area (Å²) < 4.78 is 28.4. The molecule has 1 amide bonds. The predicted octanol–water partition coefficient (Wildman–Crippen LogP) is 1.66. The molecule has 7 nitrogen and oxygen atoms in total. The molecule has 2 aromatic rings. The Labute approximate surface area is 123 Å². The Morgan fingerprint density at radius 2 is 2.05 bits per heavy atom. The van der Waals surface area contributed by atoms with Crippen molar-refractivity contribution in [2.24, 2.45) is 0 Å². The summed E-state index contributed by atoms with van der Waals surface area (Å²) in [5.41, 5.74) is 0.887. The summed E-state index contributed by atoms with van der Waals surface area (Å²) in [6, 6.07) is 6.48. The second-order valence-corrected chi connectivity index (χ2v) is 6.08. The van der Waals surface area contributed by atoms with Gasteiger partial charge in [-0.2, -0.15) is 5.10 Å². The number of amides is 1. The fourth-order valence-electron chi connectivity index (χ4n) is 1.73. The fourth-order valence-corrected chi connectivity index (χ4v) is 2.74. The van der Waals surface area contributed by atoms with Crippen LogP contribution >= 0.6 is 0 Å². The standard InChI is InChI=1S/C13H16N4O3S/c1-3-17-9-13(8-14-17)21(19,20)16-12-6-4-5-11(7-12)15-10(2)18/h4-9,16H,3H2,1-2H3,(H,15,18). The first-order valence-electron chi connectivity index (χ1n) is 6.33. The second kappa shape index (κ2) is 5.96. The predicted molar refractivity (Wildman–Crippen MR) is 79.5 cm³/mol. The number of hydrogen-bond acceptors (Lipinski definition) is 4. The van der Waals surface area contributed by atoms with Crippen molar-refractivity contribution in [2.45, 2.75) is 25.3 Å². The zero-order chi connectivity index (χ0) is 15.5. The molecule has 1 aromatic heterocycles. The molecule has 1 heterocycles. The molecule has 0 bridgehead atoms. The Morgan fingerprint density at radius 1 is 1.33 bits per heavy atom. The number of aryl methyl sites for hydroxylation is 1. The van der Waals surface area contributed by atoms with E-state index in [4.69, 9.17) is 0 Å². The highest BCUT2D eigenvalue weighted by Gasteiger charge is 2.16. The summed E-state index contributed by atoms with van der Waals surface area (Å²) in [4.78, 5) is 11.1. The third-order valence-electron chi connectivity index (χ3n) is 2.68. The van der Waals surface area contributed by atoms with Crippen LogP contribution < -0.4 is 10.0 Å². The monoisotopic (exact) mass is 308 g/mol. The van der Waals surface area contributed by atoms with Crippen molar-refractivity contribution in [3.8, 4) is 0 Å². The highest BCUT2D eigenvalue weighted by Crippen LogP contribution is 2.19. The lowest BCUT2D eigenvalue weighted by Crippen LogP contribution is -2.13. The van der Waals surface area contributed by atoms with Crippen LogP contribution in [0.15, 0.2) is 41.6 Å². The van der Waals surface area contributed by atoms with E-state index in [1.165, 1.54) is 24.0 Å². The average molecular weight is 308 g/mol. The molecule has 112 valence electrons. The Hall–Kier alpha value is -2.35. The third-order valence-corrected chi connectivity index (χ3v) is 4.01. The van der Waals surface area contributed by atoms with Crippen molar-refractivity contribution in [3.63, 3.8) is 0 Å². The van der Waals surface area contributed by atoms with E-state index in [-0.39, 0.29) is 10.8 Å². The van der Waals surface area contributed by atoms with Crippen molar-refractivity contribution in [2.75, 3.05) is 10.0 Å². The fraction of sp³-hybridized carbons (Fsp3) is 0.231. The first-order chi connectivity index (χ1) is 9.90. The van der Waals surface area contributed by atoms with Gasteiger partial charge in [0.1, 0.15) is 4.90 Å². The van der Waals surface area contributed by atoms with Crippen LogP contribution in [-0.4, -0.2) is 24.1 Å². The van der Waals surface area contributed by atoms with E-state index < -0.39 is 10.0 Å². The van der Waals surface area contributed by atoms with Crippen LogP contribution in [0.1, 0.15) is 13.8 Å². The number of sulfonamides is 1. The van der Waals surface area contributed by atoms with Gasteiger partial charge in [0.25, 0.3) is 10.0 Å². The minimum Gasteiger partial charge on any atom is -0.326 e. The van der Waals surface area contributed by atoms with Crippen molar-refractivity contribution >= 4 is 27.3 Å². The largest absolute Gasteiger partial charge is 0.326 e. The van der Waals surface area contributed by atoms with Crippen molar-refractivity contribution < 1.29 is 13.2 Å². The van der Waals surface area contributed by atoms with Crippen molar-refractivity contribution in [3.05, 3.63) is 36.7 Å². The number of benzene rings is 1. The number of anilines is 2. The number of carbonyl (C=O) groups is 1. The number of rotatable bonds is 5. The number of hydrogen-bond donors (Lipinski definition) is 2. The third kappa shape index (κ3) is 3.82. The maximum Gasteiger partial charge on any atom is 0.265 e. The van der Waals surface area contributed by atoms with E-state index in [2.05, 4.69) is 15.1 Å². The minimum atomic E-state index is -3.69. The van der Waals surface area contributed by atoms with E-state index >= 15 is 0 Å². The minimum absolute atomic E-state index is 0.0919. The van der Waals surface area contributed by atoms with Gasteiger partial charge in [-0.25, -0.2) is 8.42 Å². The van der Waals surface area contributed by atoms with Gasteiger partial charge in [-0.05, 0) is 25.1 Å². The van der Waals surface area contributed by atoms with Crippen LogP contribution in [0.3, 0.4) is 0 Å². The molecule has 0 atom stereocenters. The molecule has 0 aliphatic heterocycles. The van der Waals surface area contributed by atoms with Gasteiger partial charge in [0.15, 0.2) is 0 Å². The molecular formula is C13H16N4O3S. The Bertz CT molecular complexity index is 752. The van der Waals surface area contributed by atoms with Crippen LogP contribution in [0.5, 0.6) is 0 Å². The van der Waals surface area contributed by atoms with Crippen LogP contribution in [0.2, 0.25) is 0 Å². The van der Waals surface area contributed by atoms with Gasteiger partial charge in [-0.1, -0.05) is 6.07 Å². The van der Waals surface area contributed by atoms with E-state index in [0.717, 1.165) is 0 Å². The topological polar surface area (TPSA) is 93.1 Å². The molecule has 0 saturated carbocycles. The quantitative estimate of drug-likeness (QED) is 0.878. The van der Waals surface area contributed by atoms with E-state index in [0.29, 0.717) is 17.9 Å². The van der Waals surface area contributed by atoms with Crippen molar-refractivity contribution in [1.82, 2.24) is 9.78 Å². The smallest absolute Gasteiger partial charge is 0.265 e. The van der Waals surface area contributed by atoms with Gasteiger partial charge in [0, 0.05) is 25.4 Å². The molecule has 0 saturated heterocycles.